The van der Waals surface area contributed by atoms with Crippen LogP contribution in [-0.4, -0.2) is 23.9 Å². The van der Waals surface area contributed by atoms with Crippen LogP contribution in [0.25, 0.3) is 0 Å². The Hall–Kier alpha value is -1.68. The summed E-state index contributed by atoms with van der Waals surface area (Å²) in [5.41, 5.74) is 1.80. The van der Waals surface area contributed by atoms with Crippen molar-refractivity contribution >= 4 is 17.5 Å². The molecule has 124 valence electrons. The number of aryl methyl sites for hydroxylation is 1. The molecule has 0 aromatic heterocycles. The lowest BCUT2D eigenvalue weighted by molar-refractivity contribution is -0.121. The smallest absolute Gasteiger partial charge is 0.251 e. The maximum atomic E-state index is 12.7. The average Bonchev–Trinajstić information content (AvgIpc) is 2.79. The molecule has 0 spiro atoms. The zero-order valence-electron chi connectivity index (χ0n) is 14.2. The van der Waals surface area contributed by atoms with E-state index >= 15 is 0 Å². The van der Waals surface area contributed by atoms with Crippen molar-refractivity contribution in [3.05, 3.63) is 29.8 Å². The number of anilines is 1. The maximum Gasteiger partial charge on any atom is 0.251 e. The van der Waals surface area contributed by atoms with Crippen molar-refractivity contribution < 1.29 is 9.59 Å². The van der Waals surface area contributed by atoms with Gasteiger partial charge in [0.1, 0.15) is 0 Å². The van der Waals surface area contributed by atoms with E-state index < -0.39 is 0 Å². The van der Waals surface area contributed by atoms with Crippen LogP contribution in [0.5, 0.6) is 0 Å². The first kappa shape index (κ1) is 16.2. The van der Waals surface area contributed by atoms with Gasteiger partial charge < -0.3 is 5.32 Å². The Kier molecular flexibility index (Phi) is 4.53. The Morgan fingerprint density at radius 2 is 1.78 bits per heavy atom. The highest BCUT2D eigenvalue weighted by Crippen LogP contribution is 2.31. The summed E-state index contributed by atoms with van der Waals surface area (Å²) in [5.74, 6) is 0.999. The molecule has 23 heavy (non-hydrogen) atoms. The normalized spacial score (nSPS) is 31.7. The number of hydrogen-bond donors (Lipinski definition) is 1. The first-order valence-electron chi connectivity index (χ1n) is 8.67. The first-order chi connectivity index (χ1) is 11.0. The molecule has 4 heteroatoms. The van der Waals surface area contributed by atoms with Gasteiger partial charge in [0.2, 0.25) is 5.91 Å². The van der Waals surface area contributed by atoms with Gasteiger partial charge in [-0.1, -0.05) is 44.4 Å². The van der Waals surface area contributed by atoms with E-state index in [1.54, 1.807) is 0 Å². The third-order valence-electron chi connectivity index (χ3n) is 5.56. The van der Waals surface area contributed by atoms with Crippen LogP contribution in [0.15, 0.2) is 24.3 Å². The molecule has 2 aliphatic rings. The molecule has 0 bridgehead atoms. The van der Waals surface area contributed by atoms with Crippen LogP contribution in [0.3, 0.4) is 0 Å². The molecule has 1 aromatic carbocycles. The van der Waals surface area contributed by atoms with E-state index in [-0.39, 0.29) is 24.3 Å². The van der Waals surface area contributed by atoms with E-state index in [1.165, 1.54) is 17.7 Å². The number of nitrogens with one attached hydrogen (secondary N) is 1. The van der Waals surface area contributed by atoms with E-state index in [0.717, 1.165) is 12.0 Å². The molecule has 1 saturated carbocycles. The molecule has 0 unspecified atom stereocenters. The summed E-state index contributed by atoms with van der Waals surface area (Å²) in [6.45, 7) is 6.52. The highest BCUT2D eigenvalue weighted by Gasteiger charge is 2.41. The lowest BCUT2D eigenvalue weighted by atomic mass is 9.78. The molecule has 3 rings (SSSR count). The van der Waals surface area contributed by atoms with Crippen LogP contribution >= 0.6 is 0 Å². The number of amides is 2. The summed E-state index contributed by atoms with van der Waals surface area (Å²) in [6.07, 6.45) is 3.81. The van der Waals surface area contributed by atoms with Crippen LogP contribution in [0.2, 0.25) is 0 Å². The monoisotopic (exact) mass is 314 g/mol. The number of carbonyl (C=O) groups excluding carboxylic acids is 2. The average molecular weight is 314 g/mol. The lowest BCUT2D eigenvalue weighted by Crippen LogP contribution is -2.48. The van der Waals surface area contributed by atoms with Gasteiger partial charge in [-0.2, -0.15) is 0 Å². The van der Waals surface area contributed by atoms with E-state index in [9.17, 15) is 9.59 Å². The molecule has 1 saturated heterocycles. The van der Waals surface area contributed by atoms with Gasteiger partial charge in [0.25, 0.3) is 5.91 Å². The van der Waals surface area contributed by atoms with Crippen LogP contribution < -0.4 is 10.2 Å². The zero-order chi connectivity index (χ0) is 16.6. The minimum Gasteiger partial charge on any atom is -0.302 e. The summed E-state index contributed by atoms with van der Waals surface area (Å²) in [7, 11) is 0. The Morgan fingerprint density at radius 1 is 1.09 bits per heavy atom. The van der Waals surface area contributed by atoms with Gasteiger partial charge >= 0.3 is 0 Å². The van der Waals surface area contributed by atoms with Crippen LogP contribution in [-0.2, 0) is 9.59 Å². The third-order valence-corrected chi connectivity index (χ3v) is 5.56. The van der Waals surface area contributed by atoms with Crippen molar-refractivity contribution in [1.29, 1.82) is 0 Å². The number of benzene rings is 1. The van der Waals surface area contributed by atoms with Crippen molar-refractivity contribution in [3.8, 4) is 0 Å². The Labute approximate surface area is 138 Å². The van der Waals surface area contributed by atoms with E-state index in [1.807, 2.05) is 31.2 Å². The minimum absolute atomic E-state index is 0.104. The summed E-state index contributed by atoms with van der Waals surface area (Å²) in [4.78, 5) is 26.4. The fraction of sp³-hybridized carbons (Fsp3) is 0.579. The van der Waals surface area contributed by atoms with Gasteiger partial charge in [-0.15, -0.1) is 0 Å². The number of hydrogen-bond acceptors (Lipinski definition) is 3. The maximum absolute atomic E-state index is 12.7. The molecule has 1 aromatic rings. The van der Waals surface area contributed by atoms with Gasteiger partial charge in [0.15, 0.2) is 0 Å². The van der Waals surface area contributed by atoms with Gasteiger partial charge in [0.05, 0.1) is 18.2 Å². The number of rotatable bonds is 3. The molecule has 2 amide bonds. The van der Waals surface area contributed by atoms with Gasteiger partial charge in [-0.05, 0) is 37.3 Å². The standard InChI is InChI=1S/C19H26N2O2/c1-12-7-9-15(10-8-12)21-18(22)11-17(19(21)23)20-16-6-4-5-13(2)14(16)3/h7-10,13-14,16-17,20H,4-6,11H2,1-3H3/t13-,14-,16+,17-/m0/s1. The molecule has 4 atom stereocenters. The fourth-order valence-corrected chi connectivity index (χ4v) is 3.80. The van der Waals surface area contributed by atoms with Crippen molar-refractivity contribution in [1.82, 2.24) is 5.32 Å². The van der Waals surface area contributed by atoms with Crippen molar-refractivity contribution in [2.45, 2.75) is 58.5 Å². The van der Waals surface area contributed by atoms with Crippen LogP contribution in [0.1, 0.15) is 45.1 Å². The second-order valence-electron chi connectivity index (χ2n) is 7.20. The van der Waals surface area contributed by atoms with Crippen molar-refractivity contribution in [3.63, 3.8) is 0 Å². The highest BCUT2D eigenvalue weighted by atomic mass is 16.2. The molecule has 0 radical (unpaired) electrons. The second-order valence-corrected chi connectivity index (χ2v) is 7.20. The SMILES string of the molecule is Cc1ccc(N2C(=O)C[C@H](N[C@@H]3CCC[C@H](C)[C@@H]3C)C2=O)cc1. The van der Waals surface area contributed by atoms with E-state index in [2.05, 4.69) is 19.2 Å². The lowest BCUT2D eigenvalue weighted by Gasteiger charge is -2.36. The van der Waals surface area contributed by atoms with Gasteiger partial charge in [-0.3, -0.25) is 9.59 Å². The Balaban J connectivity index is 1.72. The summed E-state index contributed by atoms with van der Waals surface area (Å²) >= 11 is 0. The number of nitrogens with zero attached hydrogens (tertiary/aromatic N) is 1. The summed E-state index contributed by atoms with van der Waals surface area (Å²) in [5, 5.41) is 3.48. The molecule has 2 fully saturated rings. The number of carbonyl (C=O) groups is 2. The molecule has 4 nitrogen and oxygen atoms in total. The molecule has 1 N–H and O–H groups in total. The van der Waals surface area contributed by atoms with Gasteiger partial charge in [0, 0.05) is 6.04 Å². The second kappa shape index (κ2) is 6.44. The molecular formula is C19H26N2O2. The summed E-state index contributed by atoms with van der Waals surface area (Å²) in [6, 6.07) is 7.51. The summed E-state index contributed by atoms with van der Waals surface area (Å²) < 4.78 is 0. The Morgan fingerprint density at radius 3 is 2.48 bits per heavy atom. The predicted molar refractivity (Wildman–Crippen MR) is 91.2 cm³/mol. The fourth-order valence-electron chi connectivity index (χ4n) is 3.80. The van der Waals surface area contributed by atoms with Gasteiger partial charge in [-0.25, -0.2) is 4.90 Å². The third kappa shape index (κ3) is 3.18. The van der Waals surface area contributed by atoms with Crippen LogP contribution in [0.4, 0.5) is 5.69 Å². The number of imide groups is 1. The predicted octanol–water partition coefficient (Wildman–Crippen LogP) is 3.04. The van der Waals surface area contributed by atoms with E-state index in [0.29, 0.717) is 23.6 Å². The molecule has 1 aliphatic carbocycles. The molecular weight excluding hydrogens is 288 g/mol. The topological polar surface area (TPSA) is 49.4 Å². The highest BCUT2D eigenvalue weighted by molar-refractivity contribution is 6.22. The van der Waals surface area contributed by atoms with E-state index in [4.69, 9.17) is 0 Å². The minimum atomic E-state index is -0.374. The largest absolute Gasteiger partial charge is 0.302 e. The van der Waals surface area contributed by atoms with Crippen LogP contribution in [0, 0.1) is 18.8 Å². The molecule has 1 heterocycles. The Bertz CT molecular complexity index is 596. The quantitative estimate of drug-likeness (QED) is 0.873. The first-order valence-corrected chi connectivity index (χ1v) is 8.67. The van der Waals surface area contributed by atoms with Crippen molar-refractivity contribution in [2.24, 2.45) is 11.8 Å². The van der Waals surface area contributed by atoms with Crippen molar-refractivity contribution in [2.75, 3.05) is 4.90 Å². The zero-order valence-corrected chi connectivity index (χ0v) is 14.2. The molecule has 1 aliphatic heterocycles.